The smallest absolute Gasteiger partial charge is 0.408 e. The number of amides is 4. The number of hydrogen-bond donors (Lipinski definition) is 4. The molecule has 0 spiro atoms. The second-order valence-corrected chi connectivity index (χ2v) is 12.0. The molecule has 4 amide bonds. The Kier molecular flexibility index (Phi) is 14.2. The highest BCUT2D eigenvalue weighted by molar-refractivity contribution is 5.95. The van der Waals surface area contributed by atoms with Gasteiger partial charge >= 0.3 is 12.1 Å². The average Bonchev–Trinajstić information content (AvgIpc) is 2.97. The number of esters is 1. The molecular formula is C33H44N4O8. The molecule has 2 aromatic rings. The largest absolute Gasteiger partial charge is 0.461 e. The first-order valence-electron chi connectivity index (χ1n) is 14.8. The van der Waals surface area contributed by atoms with Gasteiger partial charge in [-0.1, -0.05) is 74.5 Å². The molecular weight excluding hydrogens is 580 g/mol. The summed E-state index contributed by atoms with van der Waals surface area (Å²) < 4.78 is 10.6. The predicted molar refractivity (Wildman–Crippen MR) is 167 cm³/mol. The van der Waals surface area contributed by atoms with E-state index in [1.54, 1.807) is 89.2 Å². The van der Waals surface area contributed by atoms with Crippen LogP contribution in [0.4, 0.5) is 4.79 Å². The third kappa shape index (κ3) is 13.6. The summed E-state index contributed by atoms with van der Waals surface area (Å²) in [5.41, 5.74) is 0.553. The second-order valence-electron chi connectivity index (χ2n) is 12.0. The molecule has 4 atom stereocenters. The average molecular weight is 625 g/mol. The van der Waals surface area contributed by atoms with Gasteiger partial charge < -0.3 is 35.5 Å². The molecule has 0 saturated carbocycles. The van der Waals surface area contributed by atoms with Crippen LogP contribution in [0.15, 0.2) is 60.7 Å². The zero-order valence-corrected chi connectivity index (χ0v) is 26.6. The van der Waals surface area contributed by atoms with Crippen molar-refractivity contribution >= 4 is 36.1 Å². The molecule has 2 rings (SSSR count). The van der Waals surface area contributed by atoms with Gasteiger partial charge in [-0.3, -0.25) is 19.2 Å². The summed E-state index contributed by atoms with van der Waals surface area (Å²) in [5, 5.41) is 10.2. The van der Waals surface area contributed by atoms with E-state index in [1.807, 2.05) is 6.07 Å². The summed E-state index contributed by atoms with van der Waals surface area (Å²) in [6.07, 6.45) is -0.882. The lowest BCUT2D eigenvalue weighted by Gasteiger charge is -2.27. The van der Waals surface area contributed by atoms with Gasteiger partial charge in [0, 0.05) is 6.42 Å². The molecule has 0 aliphatic rings. The van der Waals surface area contributed by atoms with E-state index < -0.39 is 66.0 Å². The van der Waals surface area contributed by atoms with Crippen LogP contribution in [0.25, 0.3) is 0 Å². The molecule has 0 aromatic heterocycles. The SMILES string of the molecule is CC(C)[C@H](NC(=O)[C@H](Cc1ccccc1)NC(=O)[C@H](CC(=O)OCc1ccccc1)NC(=O)OC(C)(C)C)C(=O)N[C@@H](C)C=O. The van der Waals surface area contributed by atoms with Crippen molar-refractivity contribution in [3.05, 3.63) is 71.8 Å². The Morgan fingerprint density at radius 3 is 1.82 bits per heavy atom. The third-order valence-corrected chi connectivity index (χ3v) is 6.36. The highest BCUT2D eigenvalue weighted by atomic mass is 16.6. The van der Waals surface area contributed by atoms with Crippen LogP contribution in [0.3, 0.4) is 0 Å². The third-order valence-electron chi connectivity index (χ3n) is 6.36. The van der Waals surface area contributed by atoms with Crippen molar-refractivity contribution in [1.82, 2.24) is 21.3 Å². The van der Waals surface area contributed by atoms with Gasteiger partial charge in [0.25, 0.3) is 0 Å². The van der Waals surface area contributed by atoms with Gasteiger partial charge in [0.2, 0.25) is 17.7 Å². The number of rotatable bonds is 15. The Morgan fingerprint density at radius 1 is 0.733 bits per heavy atom. The maximum absolute atomic E-state index is 13.6. The number of aldehydes is 1. The molecule has 0 fully saturated rings. The Bertz CT molecular complexity index is 1290. The summed E-state index contributed by atoms with van der Waals surface area (Å²) in [5.74, 6) is -3.20. The second kappa shape index (κ2) is 17.5. The van der Waals surface area contributed by atoms with E-state index in [9.17, 15) is 28.8 Å². The van der Waals surface area contributed by atoms with Gasteiger partial charge in [0.15, 0.2) is 0 Å². The van der Waals surface area contributed by atoms with Crippen LogP contribution in [-0.4, -0.2) is 65.8 Å². The summed E-state index contributed by atoms with van der Waals surface area (Å²) in [6, 6.07) is 13.4. The van der Waals surface area contributed by atoms with Crippen LogP contribution < -0.4 is 21.3 Å². The van der Waals surface area contributed by atoms with Crippen molar-refractivity contribution in [2.45, 2.75) is 90.8 Å². The van der Waals surface area contributed by atoms with E-state index in [0.29, 0.717) is 11.8 Å². The van der Waals surface area contributed by atoms with Crippen LogP contribution in [0, 0.1) is 5.92 Å². The summed E-state index contributed by atoms with van der Waals surface area (Å²) >= 11 is 0. The van der Waals surface area contributed by atoms with Crippen LogP contribution in [0.5, 0.6) is 0 Å². The fourth-order valence-electron chi connectivity index (χ4n) is 4.09. The first kappa shape index (κ1) is 36.5. The lowest BCUT2D eigenvalue weighted by molar-refractivity contribution is -0.147. The number of carbonyl (C=O) groups excluding carboxylic acids is 6. The summed E-state index contributed by atoms with van der Waals surface area (Å²) in [7, 11) is 0. The van der Waals surface area contributed by atoms with Gasteiger partial charge in [0.1, 0.15) is 36.6 Å². The van der Waals surface area contributed by atoms with Crippen molar-refractivity contribution in [3.63, 3.8) is 0 Å². The predicted octanol–water partition coefficient (Wildman–Crippen LogP) is 2.59. The van der Waals surface area contributed by atoms with Crippen LogP contribution in [0.2, 0.25) is 0 Å². The van der Waals surface area contributed by atoms with E-state index in [1.165, 1.54) is 6.92 Å². The molecule has 0 saturated heterocycles. The molecule has 2 aromatic carbocycles. The minimum absolute atomic E-state index is 0.0349. The standard InChI is InChI=1S/C33H44N4O8/c1-21(2)28(31(42)34-22(3)19-38)37-30(41)25(17-23-13-9-7-10-14-23)35-29(40)26(36-32(43)45-33(4,5)6)18-27(39)44-20-24-15-11-8-12-16-24/h7-16,19,21-22,25-26,28H,17-18,20H2,1-6H3,(H,34,42)(H,35,40)(H,36,43)(H,37,41)/t22-,25-,26-,28-/m0/s1. The maximum Gasteiger partial charge on any atom is 0.408 e. The highest BCUT2D eigenvalue weighted by Crippen LogP contribution is 2.11. The van der Waals surface area contributed by atoms with Crippen LogP contribution >= 0.6 is 0 Å². The van der Waals surface area contributed by atoms with Gasteiger partial charge in [-0.15, -0.1) is 0 Å². The molecule has 0 heterocycles. The molecule has 12 nitrogen and oxygen atoms in total. The number of carbonyl (C=O) groups is 6. The lowest BCUT2D eigenvalue weighted by Crippen LogP contribution is -2.59. The summed E-state index contributed by atoms with van der Waals surface area (Å²) in [6.45, 7) is 9.85. The fourth-order valence-corrected chi connectivity index (χ4v) is 4.09. The fraction of sp³-hybridized carbons (Fsp3) is 0.455. The quantitative estimate of drug-likeness (QED) is 0.173. The first-order valence-corrected chi connectivity index (χ1v) is 14.8. The molecule has 0 unspecified atom stereocenters. The minimum atomic E-state index is -1.45. The van der Waals surface area contributed by atoms with Gasteiger partial charge in [0.05, 0.1) is 12.5 Å². The van der Waals surface area contributed by atoms with Crippen LogP contribution in [0.1, 0.15) is 59.1 Å². The van der Waals surface area contributed by atoms with Crippen molar-refractivity contribution in [1.29, 1.82) is 0 Å². The molecule has 0 aliphatic heterocycles. The molecule has 0 aliphatic carbocycles. The lowest BCUT2D eigenvalue weighted by atomic mass is 10.0. The Labute approximate surface area is 264 Å². The number of nitrogens with one attached hydrogen (secondary N) is 4. The van der Waals surface area contributed by atoms with Gasteiger partial charge in [-0.05, 0) is 44.7 Å². The topological polar surface area (TPSA) is 169 Å². The van der Waals surface area contributed by atoms with E-state index >= 15 is 0 Å². The first-order chi connectivity index (χ1) is 21.2. The van der Waals surface area contributed by atoms with Gasteiger partial charge in [-0.2, -0.15) is 0 Å². The van der Waals surface area contributed by atoms with E-state index in [4.69, 9.17) is 9.47 Å². The monoisotopic (exact) mass is 624 g/mol. The van der Waals surface area contributed by atoms with Crippen molar-refractivity contribution < 1.29 is 38.2 Å². The number of hydrogen-bond acceptors (Lipinski definition) is 8. The van der Waals surface area contributed by atoms with Crippen LogP contribution in [-0.2, 0) is 46.5 Å². The Morgan fingerprint density at radius 2 is 1.29 bits per heavy atom. The van der Waals surface area contributed by atoms with E-state index in [0.717, 1.165) is 5.56 Å². The Hall–Kier alpha value is -4.74. The number of benzene rings is 2. The zero-order valence-electron chi connectivity index (χ0n) is 26.6. The molecule has 0 radical (unpaired) electrons. The van der Waals surface area contributed by atoms with E-state index in [2.05, 4.69) is 21.3 Å². The van der Waals surface area contributed by atoms with Crippen molar-refractivity contribution in [2.24, 2.45) is 5.92 Å². The summed E-state index contributed by atoms with van der Waals surface area (Å²) in [4.78, 5) is 76.5. The highest BCUT2D eigenvalue weighted by Gasteiger charge is 2.33. The molecule has 12 heteroatoms. The molecule has 45 heavy (non-hydrogen) atoms. The van der Waals surface area contributed by atoms with Gasteiger partial charge in [-0.25, -0.2) is 4.79 Å². The van der Waals surface area contributed by atoms with Crippen molar-refractivity contribution in [3.8, 4) is 0 Å². The molecule has 4 N–H and O–H groups in total. The maximum atomic E-state index is 13.6. The van der Waals surface area contributed by atoms with Crippen molar-refractivity contribution in [2.75, 3.05) is 0 Å². The molecule has 0 bridgehead atoms. The van der Waals surface area contributed by atoms with E-state index in [-0.39, 0.29) is 18.9 Å². The number of alkyl carbamates (subject to hydrolysis) is 1. The molecule has 244 valence electrons. The number of ether oxygens (including phenoxy) is 2. The zero-order chi connectivity index (χ0) is 33.6. The normalized spacial score (nSPS) is 13.8. The minimum Gasteiger partial charge on any atom is -0.461 e. The Balaban J connectivity index is 2.29.